The Morgan fingerprint density at radius 3 is 2.75 bits per heavy atom. The van der Waals surface area contributed by atoms with Gasteiger partial charge in [0.05, 0.1) is 7.11 Å². The topological polar surface area (TPSA) is 48.3 Å². The number of hydrogen-bond donors (Lipinski definition) is 0. The maximum absolute atomic E-state index is 11.5. The number of carbonyl (C=O) groups is 1. The van der Waals surface area contributed by atoms with E-state index in [1.54, 1.807) is 23.6 Å². The molecular weight excluding hydrogens is 206 g/mol. The molecule has 0 bridgehead atoms. The number of methoxy groups -OCH3 is 1. The Morgan fingerprint density at radius 1 is 1.50 bits per heavy atom. The lowest BCUT2D eigenvalue weighted by Crippen LogP contribution is -2.20. The Bertz CT molecular complexity index is 471. The summed E-state index contributed by atoms with van der Waals surface area (Å²) in [6.07, 6.45) is 1.68. The molecule has 0 radical (unpaired) electrons. The Labute approximate surface area is 94.2 Å². The van der Waals surface area contributed by atoms with E-state index in [4.69, 9.17) is 0 Å². The zero-order valence-electron chi connectivity index (χ0n) is 9.69. The average molecular weight is 221 g/mol. The number of ether oxygens (including phenoxy) is 1. The Balaban J connectivity index is 2.90. The van der Waals surface area contributed by atoms with Crippen molar-refractivity contribution in [2.24, 2.45) is 0 Å². The molecule has 4 heteroatoms. The first kappa shape index (κ1) is 12.2. The predicted molar refractivity (Wildman–Crippen MR) is 61.2 cm³/mol. The van der Waals surface area contributed by atoms with Gasteiger partial charge in [0.25, 0.3) is 5.56 Å². The Hall–Kier alpha value is -1.84. The van der Waals surface area contributed by atoms with Crippen LogP contribution < -0.4 is 5.56 Å². The molecule has 0 spiro atoms. The number of allylic oxidation sites excluding steroid dienone is 1. The summed E-state index contributed by atoms with van der Waals surface area (Å²) in [6, 6.07) is 5.06. The third-order valence-corrected chi connectivity index (χ3v) is 2.36. The number of carbonyl (C=O) groups excluding carboxylic acids is 1. The molecule has 0 unspecified atom stereocenters. The molecule has 0 aliphatic heterocycles. The number of rotatable bonds is 3. The van der Waals surface area contributed by atoms with Crippen LogP contribution in [0.2, 0.25) is 0 Å². The molecule has 4 nitrogen and oxygen atoms in total. The SMILES string of the molecule is COC(=O)C(C)=CCn1c(C)cccc1=O. The largest absolute Gasteiger partial charge is 0.466 e. The van der Waals surface area contributed by atoms with E-state index in [1.807, 2.05) is 13.0 Å². The normalized spacial score (nSPS) is 11.3. The number of aryl methyl sites for hydroxylation is 1. The molecule has 0 amide bonds. The molecule has 1 heterocycles. The van der Waals surface area contributed by atoms with Crippen molar-refractivity contribution in [3.8, 4) is 0 Å². The van der Waals surface area contributed by atoms with Crippen LogP contribution in [0, 0.1) is 6.92 Å². The van der Waals surface area contributed by atoms with Crippen molar-refractivity contribution in [3.63, 3.8) is 0 Å². The molecule has 1 aromatic heterocycles. The number of nitrogens with zero attached hydrogens (tertiary/aromatic N) is 1. The maximum atomic E-state index is 11.5. The minimum absolute atomic E-state index is 0.0751. The fraction of sp³-hybridized carbons (Fsp3) is 0.333. The maximum Gasteiger partial charge on any atom is 0.333 e. The summed E-state index contributed by atoms with van der Waals surface area (Å²) in [5, 5.41) is 0. The van der Waals surface area contributed by atoms with Crippen molar-refractivity contribution in [1.82, 2.24) is 4.57 Å². The second kappa shape index (κ2) is 5.30. The van der Waals surface area contributed by atoms with Gasteiger partial charge >= 0.3 is 5.97 Å². The van der Waals surface area contributed by atoms with Gasteiger partial charge in [-0.05, 0) is 19.9 Å². The van der Waals surface area contributed by atoms with Crippen molar-refractivity contribution >= 4 is 5.97 Å². The van der Waals surface area contributed by atoms with Crippen LogP contribution in [0.15, 0.2) is 34.6 Å². The van der Waals surface area contributed by atoms with Crippen LogP contribution in [-0.4, -0.2) is 17.6 Å². The van der Waals surface area contributed by atoms with E-state index in [9.17, 15) is 9.59 Å². The first-order valence-electron chi connectivity index (χ1n) is 4.98. The quantitative estimate of drug-likeness (QED) is 0.570. The lowest BCUT2D eigenvalue weighted by atomic mass is 10.2. The first-order chi connectivity index (χ1) is 7.56. The third-order valence-electron chi connectivity index (χ3n) is 2.36. The summed E-state index contributed by atoms with van der Waals surface area (Å²) >= 11 is 0. The standard InChI is InChI=1S/C12H15NO3/c1-9(12(15)16-3)7-8-13-10(2)5-4-6-11(13)14/h4-7H,8H2,1-3H3. The molecule has 0 saturated carbocycles. The van der Waals surface area contributed by atoms with Crippen molar-refractivity contribution < 1.29 is 9.53 Å². The summed E-state index contributed by atoms with van der Waals surface area (Å²) in [4.78, 5) is 22.6. The van der Waals surface area contributed by atoms with E-state index in [1.165, 1.54) is 13.2 Å². The fourth-order valence-electron chi connectivity index (χ4n) is 1.33. The van der Waals surface area contributed by atoms with Gasteiger partial charge in [-0.2, -0.15) is 0 Å². The zero-order valence-corrected chi connectivity index (χ0v) is 9.69. The van der Waals surface area contributed by atoms with Crippen LogP contribution in [0.25, 0.3) is 0 Å². The van der Waals surface area contributed by atoms with Crippen molar-refractivity contribution in [3.05, 3.63) is 45.9 Å². The second-order valence-electron chi connectivity index (χ2n) is 3.49. The summed E-state index contributed by atoms with van der Waals surface area (Å²) in [6.45, 7) is 3.89. The highest BCUT2D eigenvalue weighted by atomic mass is 16.5. The lowest BCUT2D eigenvalue weighted by molar-refractivity contribution is -0.136. The van der Waals surface area contributed by atoms with Gasteiger partial charge in [-0.25, -0.2) is 4.79 Å². The highest BCUT2D eigenvalue weighted by Crippen LogP contribution is 1.99. The predicted octanol–water partition coefficient (Wildman–Crippen LogP) is 1.28. The van der Waals surface area contributed by atoms with Crippen molar-refractivity contribution in [2.45, 2.75) is 20.4 Å². The van der Waals surface area contributed by atoms with Crippen LogP contribution in [0.3, 0.4) is 0 Å². The van der Waals surface area contributed by atoms with Crippen LogP contribution in [0.1, 0.15) is 12.6 Å². The molecule has 0 fully saturated rings. The Morgan fingerprint density at radius 2 is 2.19 bits per heavy atom. The summed E-state index contributed by atoms with van der Waals surface area (Å²) in [5.74, 6) is -0.373. The van der Waals surface area contributed by atoms with E-state index < -0.39 is 0 Å². The van der Waals surface area contributed by atoms with Gasteiger partial charge in [0.2, 0.25) is 0 Å². The number of pyridine rings is 1. The minimum Gasteiger partial charge on any atom is -0.466 e. The molecule has 0 atom stereocenters. The molecule has 86 valence electrons. The Kier molecular flexibility index (Phi) is 4.05. The van der Waals surface area contributed by atoms with Crippen LogP contribution in [-0.2, 0) is 16.1 Å². The van der Waals surface area contributed by atoms with Gasteiger partial charge in [-0.15, -0.1) is 0 Å². The lowest BCUT2D eigenvalue weighted by Gasteiger charge is -2.06. The molecule has 1 rings (SSSR count). The highest BCUT2D eigenvalue weighted by molar-refractivity contribution is 5.87. The van der Waals surface area contributed by atoms with E-state index in [0.717, 1.165) is 5.69 Å². The monoisotopic (exact) mass is 221 g/mol. The van der Waals surface area contributed by atoms with Crippen LogP contribution in [0.4, 0.5) is 0 Å². The molecule has 0 aromatic carbocycles. The van der Waals surface area contributed by atoms with Gasteiger partial charge in [0.1, 0.15) is 0 Å². The molecule has 0 saturated heterocycles. The van der Waals surface area contributed by atoms with Gasteiger partial charge < -0.3 is 9.30 Å². The van der Waals surface area contributed by atoms with Gasteiger partial charge in [-0.3, -0.25) is 4.79 Å². The summed E-state index contributed by atoms with van der Waals surface area (Å²) in [5.41, 5.74) is 1.29. The third kappa shape index (κ3) is 2.82. The molecule has 0 aliphatic rings. The zero-order chi connectivity index (χ0) is 12.1. The van der Waals surface area contributed by atoms with Crippen LogP contribution in [0.5, 0.6) is 0 Å². The van der Waals surface area contributed by atoms with E-state index in [-0.39, 0.29) is 11.5 Å². The van der Waals surface area contributed by atoms with E-state index >= 15 is 0 Å². The summed E-state index contributed by atoms with van der Waals surface area (Å²) in [7, 11) is 1.33. The molecule has 0 N–H and O–H groups in total. The fourth-order valence-corrected chi connectivity index (χ4v) is 1.33. The highest BCUT2D eigenvalue weighted by Gasteiger charge is 2.03. The van der Waals surface area contributed by atoms with Crippen LogP contribution >= 0.6 is 0 Å². The van der Waals surface area contributed by atoms with Gasteiger partial charge in [-0.1, -0.05) is 12.1 Å². The first-order valence-corrected chi connectivity index (χ1v) is 4.98. The van der Waals surface area contributed by atoms with Crippen molar-refractivity contribution in [1.29, 1.82) is 0 Å². The van der Waals surface area contributed by atoms with Crippen molar-refractivity contribution in [2.75, 3.05) is 7.11 Å². The molecule has 0 aliphatic carbocycles. The molecule has 1 aromatic rings. The number of aromatic nitrogens is 1. The number of esters is 1. The minimum atomic E-state index is -0.373. The smallest absolute Gasteiger partial charge is 0.333 e. The van der Waals surface area contributed by atoms with Gasteiger partial charge in [0.15, 0.2) is 0 Å². The average Bonchev–Trinajstić information content (AvgIpc) is 2.27. The van der Waals surface area contributed by atoms with Gasteiger partial charge in [0, 0.05) is 23.9 Å². The number of hydrogen-bond acceptors (Lipinski definition) is 3. The van der Waals surface area contributed by atoms with E-state index in [2.05, 4.69) is 4.74 Å². The van der Waals surface area contributed by atoms with E-state index in [0.29, 0.717) is 12.1 Å². The second-order valence-corrected chi connectivity index (χ2v) is 3.49. The molecule has 16 heavy (non-hydrogen) atoms. The summed E-state index contributed by atoms with van der Waals surface area (Å²) < 4.78 is 6.16. The molecular formula is C12H15NO3.